The van der Waals surface area contributed by atoms with Crippen LogP contribution in [0.2, 0.25) is 0 Å². The molecule has 2 aromatic heterocycles. The molecule has 0 aliphatic rings. The van der Waals surface area contributed by atoms with E-state index in [9.17, 15) is 23.1 Å². The predicted molar refractivity (Wildman–Crippen MR) is 115 cm³/mol. The number of aryl methyl sites for hydroxylation is 1. The summed E-state index contributed by atoms with van der Waals surface area (Å²) >= 11 is 1.30. The van der Waals surface area contributed by atoms with Gasteiger partial charge in [-0.2, -0.15) is 17.5 Å². The van der Waals surface area contributed by atoms with E-state index >= 15 is 0 Å². The van der Waals surface area contributed by atoms with Crippen LogP contribution in [0.5, 0.6) is 0 Å². The number of fused-ring (bicyclic) bond motifs is 3. The average Bonchev–Trinajstić information content (AvgIpc) is 3.28. The molecular weight excluding hydrogens is 427 g/mol. The zero-order valence-electron chi connectivity index (χ0n) is 16.8. The smallest absolute Gasteiger partial charge is 0.394 e. The molecule has 5 nitrogen and oxygen atoms in total. The Balaban J connectivity index is 1.84. The number of hydrogen-bond donors (Lipinski definition) is 2. The Morgan fingerprint density at radius 2 is 1.94 bits per heavy atom. The molecule has 0 spiro atoms. The lowest BCUT2D eigenvalue weighted by molar-refractivity contribution is -0.137. The number of carbonyl (C=O) groups excluding carboxylic acids is 1. The third kappa shape index (κ3) is 3.79. The second-order valence-electron chi connectivity index (χ2n) is 7.31. The van der Waals surface area contributed by atoms with Gasteiger partial charge >= 0.3 is 6.18 Å². The fraction of sp³-hybridized carbons (Fsp3) is 0.273. The summed E-state index contributed by atoms with van der Waals surface area (Å²) in [6.07, 6.45) is -3.80. The molecule has 0 bridgehead atoms. The van der Waals surface area contributed by atoms with E-state index in [0.717, 1.165) is 33.3 Å². The highest BCUT2D eigenvalue weighted by Gasteiger charge is 2.30. The number of carbonyl (C=O) groups is 1. The van der Waals surface area contributed by atoms with Crippen molar-refractivity contribution in [3.63, 3.8) is 0 Å². The van der Waals surface area contributed by atoms with Gasteiger partial charge in [0, 0.05) is 26.9 Å². The highest BCUT2D eigenvalue weighted by atomic mass is 32.1. The van der Waals surface area contributed by atoms with Crippen LogP contribution in [0, 0.1) is 6.92 Å². The van der Waals surface area contributed by atoms with Crippen LogP contribution in [0.25, 0.3) is 27.6 Å². The lowest BCUT2D eigenvalue weighted by Gasteiger charge is -2.14. The Morgan fingerprint density at radius 1 is 1.23 bits per heavy atom. The third-order valence-corrected chi connectivity index (χ3v) is 6.07. The predicted octanol–water partition coefficient (Wildman–Crippen LogP) is 5.07. The van der Waals surface area contributed by atoms with Crippen molar-refractivity contribution in [3.05, 3.63) is 58.5 Å². The molecule has 4 rings (SSSR count). The summed E-state index contributed by atoms with van der Waals surface area (Å²) in [5.74, 6) is -0.293. The normalized spacial score (nSPS) is 13.1. The van der Waals surface area contributed by atoms with E-state index in [0.29, 0.717) is 23.3 Å². The monoisotopic (exact) mass is 447 g/mol. The topological polar surface area (TPSA) is 67.2 Å². The maximum atomic E-state index is 13.0. The van der Waals surface area contributed by atoms with E-state index in [1.165, 1.54) is 23.7 Å². The first-order valence-corrected chi connectivity index (χ1v) is 10.5. The van der Waals surface area contributed by atoms with Gasteiger partial charge in [-0.25, -0.2) is 0 Å². The van der Waals surface area contributed by atoms with Crippen molar-refractivity contribution in [1.82, 2.24) is 14.3 Å². The van der Waals surface area contributed by atoms with Crippen LogP contribution in [-0.2, 0) is 6.18 Å². The molecule has 0 aliphatic heterocycles. The van der Waals surface area contributed by atoms with E-state index in [2.05, 4.69) is 9.69 Å². The first kappa shape index (κ1) is 21.3. The van der Waals surface area contributed by atoms with Crippen LogP contribution in [0.1, 0.15) is 34.1 Å². The number of rotatable bonds is 5. The van der Waals surface area contributed by atoms with Gasteiger partial charge in [0.1, 0.15) is 0 Å². The molecule has 31 heavy (non-hydrogen) atoms. The minimum Gasteiger partial charge on any atom is -0.394 e. The van der Waals surface area contributed by atoms with E-state index in [4.69, 9.17) is 0 Å². The van der Waals surface area contributed by atoms with Gasteiger partial charge in [0.15, 0.2) is 5.65 Å². The maximum absolute atomic E-state index is 13.0. The molecule has 0 saturated carbocycles. The van der Waals surface area contributed by atoms with Gasteiger partial charge in [-0.1, -0.05) is 6.92 Å². The average molecular weight is 447 g/mol. The SMILES string of the molecule is CC[C@@H](CO)NC(=O)c1ccc2c(c1)c1c(C)snc1n2-c1ccc(C(F)(F)F)cc1. The molecular formula is C22H20F3N3O2S. The first-order chi connectivity index (χ1) is 14.7. The van der Waals surface area contributed by atoms with Gasteiger partial charge in [-0.15, -0.1) is 0 Å². The van der Waals surface area contributed by atoms with E-state index in [1.807, 2.05) is 13.8 Å². The molecule has 0 aliphatic carbocycles. The van der Waals surface area contributed by atoms with Gasteiger partial charge in [0.25, 0.3) is 5.91 Å². The second kappa shape index (κ2) is 7.97. The Morgan fingerprint density at radius 3 is 2.55 bits per heavy atom. The Bertz CT molecular complexity index is 1260. The molecule has 4 aromatic rings. The molecule has 1 atom stereocenters. The number of aliphatic hydroxyl groups excluding tert-OH is 1. The van der Waals surface area contributed by atoms with Gasteiger partial charge < -0.3 is 10.4 Å². The molecule has 162 valence electrons. The van der Waals surface area contributed by atoms with Crippen LogP contribution in [0.15, 0.2) is 42.5 Å². The number of nitrogens with zero attached hydrogens (tertiary/aromatic N) is 2. The Kier molecular flexibility index (Phi) is 5.49. The molecule has 2 heterocycles. The highest BCUT2D eigenvalue weighted by molar-refractivity contribution is 7.07. The van der Waals surface area contributed by atoms with E-state index in [-0.39, 0.29) is 18.6 Å². The molecule has 0 fully saturated rings. The summed E-state index contributed by atoms with van der Waals surface area (Å²) in [7, 11) is 0. The number of aromatic nitrogens is 2. The highest BCUT2D eigenvalue weighted by Crippen LogP contribution is 2.37. The molecule has 1 amide bonds. The Labute approximate surface area is 180 Å². The number of amides is 1. The Hall–Kier alpha value is -2.91. The quantitative estimate of drug-likeness (QED) is 0.449. The second-order valence-corrected chi connectivity index (χ2v) is 8.29. The zero-order chi connectivity index (χ0) is 22.3. The third-order valence-electron chi connectivity index (χ3n) is 5.33. The summed E-state index contributed by atoms with van der Waals surface area (Å²) in [6.45, 7) is 3.65. The van der Waals surface area contributed by atoms with E-state index < -0.39 is 11.7 Å². The summed E-state index contributed by atoms with van der Waals surface area (Å²) in [6, 6.07) is 9.81. The lowest BCUT2D eigenvalue weighted by Crippen LogP contribution is -2.36. The minimum atomic E-state index is -4.41. The largest absolute Gasteiger partial charge is 0.416 e. The number of aliphatic hydroxyl groups is 1. The molecule has 0 saturated heterocycles. The standard InChI is InChI=1S/C22H20F3N3O2S/c1-3-15(11-29)26-21(30)13-4-9-18-17(10-13)19-12(2)31-27-20(19)28(18)16-7-5-14(6-8-16)22(23,24)25/h4-10,15,29H,3,11H2,1-2H3,(H,26,30)/t15-/m0/s1. The van der Waals surface area contributed by atoms with Crippen molar-refractivity contribution in [3.8, 4) is 5.69 Å². The van der Waals surface area contributed by atoms with Crippen molar-refractivity contribution in [2.24, 2.45) is 0 Å². The van der Waals surface area contributed by atoms with Crippen LogP contribution < -0.4 is 5.32 Å². The molecule has 0 radical (unpaired) electrons. The van der Waals surface area contributed by atoms with Gasteiger partial charge in [0.2, 0.25) is 0 Å². The van der Waals surface area contributed by atoms with Crippen LogP contribution in [0.4, 0.5) is 13.2 Å². The number of halogens is 3. The molecule has 9 heteroatoms. The number of benzene rings is 2. The van der Waals surface area contributed by atoms with Crippen LogP contribution in [0.3, 0.4) is 0 Å². The summed E-state index contributed by atoms with van der Waals surface area (Å²) in [5.41, 5.74) is 1.67. The van der Waals surface area contributed by atoms with E-state index in [1.54, 1.807) is 22.8 Å². The minimum absolute atomic E-state index is 0.146. The van der Waals surface area contributed by atoms with Crippen molar-refractivity contribution >= 4 is 39.4 Å². The summed E-state index contributed by atoms with van der Waals surface area (Å²) < 4.78 is 45.2. The first-order valence-electron chi connectivity index (χ1n) is 9.74. The molecule has 0 unspecified atom stereocenters. The van der Waals surface area contributed by atoms with Gasteiger partial charge in [-0.05, 0) is 67.3 Å². The summed E-state index contributed by atoms with van der Waals surface area (Å²) in [5, 5.41) is 13.8. The van der Waals surface area contributed by atoms with Gasteiger partial charge in [0.05, 0.1) is 23.7 Å². The lowest BCUT2D eigenvalue weighted by atomic mass is 10.1. The van der Waals surface area contributed by atoms with Crippen molar-refractivity contribution in [1.29, 1.82) is 0 Å². The van der Waals surface area contributed by atoms with Crippen LogP contribution in [-0.4, -0.2) is 32.6 Å². The fourth-order valence-electron chi connectivity index (χ4n) is 3.62. The fourth-order valence-corrected chi connectivity index (χ4v) is 4.31. The van der Waals surface area contributed by atoms with Crippen molar-refractivity contribution < 1.29 is 23.1 Å². The number of nitrogens with one attached hydrogen (secondary N) is 1. The summed E-state index contributed by atoms with van der Waals surface area (Å²) in [4.78, 5) is 13.6. The maximum Gasteiger partial charge on any atom is 0.416 e. The number of alkyl halides is 3. The van der Waals surface area contributed by atoms with Crippen LogP contribution >= 0.6 is 11.5 Å². The molecule has 2 aromatic carbocycles. The molecule has 2 N–H and O–H groups in total. The van der Waals surface area contributed by atoms with Gasteiger partial charge in [-0.3, -0.25) is 9.36 Å². The van der Waals surface area contributed by atoms with Crippen molar-refractivity contribution in [2.75, 3.05) is 6.61 Å². The number of hydrogen-bond acceptors (Lipinski definition) is 4. The van der Waals surface area contributed by atoms with Crippen molar-refractivity contribution in [2.45, 2.75) is 32.5 Å². The zero-order valence-corrected chi connectivity index (χ0v) is 17.6.